The second-order valence-electron chi connectivity index (χ2n) is 5.38. The lowest BCUT2D eigenvalue weighted by molar-refractivity contribution is 0.256. The number of hydrogen-bond acceptors (Lipinski definition) is 2. The molecular formula is C15H23NO. The molecule has 0 aliphatic carbocycles. The zero-order valence-electron chi connectivity index (χ0n) is 10.9. The standard InChI is InChI=1S/C15H23NO/c1-3-15(9-4-5-10-16(2)12-15)13-7-6-8-14(17)11-13/h6-8,11,17H,3-5,9-10,12H2,1-2H3/t15-/m1/s1. The molecule has 1 N–H and O–H groups in total. The second kappa shape index (κ2) is 5.09. The van der Waals surface area contributed by atoms with Gasteiger partial charge in [-0.3, -0.25) is 0 Å². The van der Waals surface area contributed by atoms with E-state index in [4.69, 9.17) is 0 Å². The fourth-order valence-electron chi connectivity index (χ4n) is 3.08. The Morgan fingerprint density at radius 2 is 2.18 bits per heavy atom. The predicted octanol–water partition coefficient (Wildman–Crippen LogP) is 3.16. The number of nitrogens with zero attached hydrogens (tertiary/aromatic N) is 1. The molecule has 0 unspecified atom stereocenters. The highest BCUT2D eigenvalue weighted by Crippen LogP contribution is 2.37. The lowest BCUT2D eigenvalue weighted by atomic mass is 9.74. The molecule has 94 valence electrons. The molecule has 1 aliphatic heterocycles. The second-order valence-corrected chi connectivity index (χ2v) is 5.38. The number of benzene rings is 1. The summed E-state index contributed by atoms with van der Waals surface area (Å²) < 4.78 is 0. The first-order valence-electron chi connectivity index (χ1n) is 6.64. The summed E-state index contributed by atoms with van der Waals surface area (Å²) in [5, 5.41) is 9.68. The fourth-order valence-corrected chi connectivity index (χ4v) is 3.08. The van der Waals surface area contributed by atoms with Crippen LogP contribution in [0.4, 0.5) is 0 Å². The van der Waals surface area contributed by atoms with Crippen LogP contribution in [0.3, 0.4) is 0 Å². The Kier molecular flexibility index (Phi) is 3.72. The van der Waals surface area contributed by atoms with E-state index in [0.717, 1.165) is 13.0 Å². The smallest absolute Gasteiger partial charge is 0.115 e. The Hall–Kier alpha value is -1.02. The molecule has 1 saturated heterocycles. The summed E-state index contributed by atoms with van der Waals surface area (Å²) in [5.41, 5.74) is 1.53. The van der Waals surface area contributed by atoms with Crippen LogP contribution in [0.1, 0.15) is 38.2 Å². The molecule has 1 fully saturated rings. The first kappa shape index (κ1) is 12.4. The van der Waals surface area contributed by atoms with Gasteiger partial charge in [-0.15, -0.1) is 0 Å². The molecule has 0 saturated carbocycles. The quantitative estimate of drug-likeness (QED) is 0.848. The number of likely N-dealkylation sites (tertiary alicyclic amines) is 1. The zero-order chi connectivity index (χ0) is 12.3. The Morgan fingerprint density at radius 1 is 1.35 bits per heavy atom. The van der Waals surface area contributed by atoms with Gasteiger partial charge in [0.2, 0.25) is 0 Å². The van der Waals surface area contributed by atoms with Gasteiger partial charge in [0.25, 0.3) is 0 Å². The summed E-state index contributed by atoms with van der Waals surface area (Å²) in [7, 11) is 2.21. The van der Waals surface area contributed by atoms with Crippen LogP contribution < -0.4 is 0 Å². The van der Waals surface area contributed by atoms with Crippen molar-refractivity contribution in [3.63, 3.8) is 0 Å². The lowest BCUT2D eigenvalue weighted by Gasteiger charge is -2.35. The van der Waals surface area contributed by atoms with Gasteiger partial charge >= 0.3 is 0 Å². The highest BCUT2D eigenvalue weighted by molar-refractivity contribution is 5.33. The highest BCUT2D eigenvalue weighted by atomic mass is 16.3. The van der Waals surface area contributed by atoms with Crippen molar-refractivity contribution in [3.8, 4) is 5.75 Å². The topological polar surface area (TPSA) is 23.5 Å². The van der Waals surface area contributed by atoms with E-state index in [0.29, 0.717) is 5.75 Å². The molecule has 1 aromatic rings. The van der Waals surface area contributed by atoms with E-state index in [1.807, 2.05) is 12.1 Å². The Balaban J connectivity index is 2.34. The first-order valence-corrected chi connectivity index (χ1v) is 6.64. The zero-order valence-corrected chi connectivity index (χ0v) is 10.9. The number of hydrogen-bond donors (Lipinski definition) is 1. The van der Waals surface area contributed by atoms with E-state index in [-0.39, 0.29) is 5.41 Å². The summed E-state index contributed by atoms with van der Waals surface area (Å²) in [6.07, 6.45) is 4.95. The minimum atomic E-state index is 0.226. The van der Waals surface area contributed by atoms with Crippen LogP contribution in [0.2, 0.25) is 0 Å². The van der Waals surface area contributed by atoms with Crippen LogP contribution in [0.5, 0.6) is 5.75 Å². The average Bonchev–Trinajstić information content (AvgIpc) is 2.52. The van der Waals surface area contributed by atoms with E-state index >= 15 is 0 Å². The normalized spacial score (nSPS) is 26.7. The molecule has 1 heterocycles. The summed E-state index contributed by atoms with van der Waals surface area (Å²) >= 11 is 0. The van der Waals surface area contributed by atoms with E-state index in [1.54, 1.807) is 6.07 Å². The van der Waals surface area contributed by atoms with E-state index in [9.17, 15) is 5.11 Å². The summed E-state index contributed by atoms with van der Waals surface area (Å²) in [6.45, 7) is 4.57. The van der Waals surface area contributed by atoms with Crippen molar-refractivity contribution in [1.29, 1.82) is 0 Å². The van der Waals surface area contributed by atoms with E-state index in [1.165, 1.54) is 31.4 Å². The molecule has 1 aliphatic rings. The number of phenolic OH excluding ortho intramolecular Hbond substituents is 1. The maximum atomic E-state index is 9.68. The van der Waals surface area contributed by atoms with Gasteiger partial charge < -0.3 is 10.0 Å². The third-order valence-electron chi connectivity index (χ3n) is 4.15. The number of phenols is 1. The number of aromatic hydroxyl groups is 1. The molecule has 1 atom stereocenters. The van der Waals surface area contributed by atoms with E-state index in [2.05, 4.69) is 24.9 Å². The van der Waals surface area contributed by atoms with E-state index < -0.39 is 0 Å². The van der Waals surface area contributed by atoms with Crippen LogP contribution in [-0.4, -0.2) is 30.1 Å². The van der Waals surface area contributed by atoms with Crippen molar-refractivity contribution in [2.24, 2.45) is 0 Å². The van der Waals surface area contributed by atoms with Crippen molar-refractivity contribution in [1.82, 2.24) is 4.90 Å². The van der Waals surface area contributed by atoms with Gasteiger partial charge in [-0.1, -0.05) is 25.5 Å². The van der Waals surface area contributed by atoms with Crippen LogP contribution in [0.25, 0.3) is 0 Å². The monoisotopic (exact) mass is 233 g/mol. The van der Waals surface area contributed by atoms with Crippen molar-refractivity contribution < 1.29 is 5.11 Å². The van der Waals surface area contributed by atoms with Gasteiger partial charge in [0.05, 0.1) is 0 Å². The van der Waals surface area contributed by atoms with Crippen molar-refractivity contribution >= 4 is 0 Å². The molecule has 2 rings (SSSR count). The molecule has 0 radical (unpaired) electrons. The molecule has 0 amide bonds. The van der Waals surface area contributed by atoms with Crippen LogP contribution in [0.15, 0.2) is 24.3 Å². The van der Waals surface area contributed by atoms with Gasteiger partial charge in [-0.25, -0.2) is 0 Å². The minimum Gasteiger partial charge on any atom is -0.508 e. The molecule has 0 bridgehead atoms. The molecular weight excluding hydrogens is 210 g/mol. The van der Waals surface area contributed by atoms with Crippen LogP contribution in [0, 0.1) is 0 Å². The minimum absolute atomic E-state index is 0.226. The molecule has 1 aromatic carbocycles. The predicted molar refractivity (Wildman–Crippen MR) is 71.4 cm³/mol. The summed E-state index contributed by atoms with van der Waals surface area (Å²) in [6, 6.07) is 7.84. The number of rotatable bonds is 2. The maximum absolute atomic E-state index is 9.68. The third-order valence-corrected chi connectivity index (χ3v) is 4.15. The van der Waals surface area contributed by atoms with Gasteiger partial charge in [0.1, 0.15) is 5.75 Å². The molecule has 17 heavy (non-hydrogen) atoms. The third kappa shape index (κ3) is 2.63. The largest absolute Gasteiger partial charge is 0.508 e. The Morgan fingerprint density at radius 3 is 2.88 bits per heavy atom. The SMILES string of the molecule is CC[C@@]1(c2cccc(O)c2)CCCCN(C)C1. The highest BCUT2D eigenvalue weighted by Gasteiger charge is 2.33. The maximum Gasteiger partial charge on any atom is 0.115 e. The number of likely N-dealkylation sites (N-methyl/N-ethyl adjacent to an activating group) is 1. The van der Waals surface area contributed by atoms with Crippen molar-refractivity contribution in [3.05, 3.63) is 29.8 Å². The molecule has 2 heteroatoms. The lowest BCUT2D eigenvalue weighted by Crippen LogP contribution is -2.37. The van der Waals surface area contributed by atoms with Gasteiger partial charge in [-0.05, 0) is 50.6 Å². The Bertz CT molecular complexity index is 377. The van der Waals surface area contributed by atoms with Crippen molar-refractivity contribution in [2.45, 2.75) is 38.0 Å². The van der Waals surface area contributed by atoms with Crippen LogP contribution >= 0.6 is 0 Å². The Labute approximate surface area is 104 Å². The molecule has 0 aromatic heterocycles. The van der Waals surface area contributed by atoms with Gasteiger partial charge in [0.15, 0.2) is 0 Å². The summed E-state index contributed by atoms with van der Waals surface area (Å²) in [5.74, 6) is 0.391. The fraction of sp³-hybridized carbons (Fsp3) is 0.600. The van der Waals surface area contributed by atoms with Crippen molar-refractivity contribution in [2.75, 3.05) is 20.1 Å². The molecule has 0 spiro atoms. The summed E-state index contributed by atoms with van der Waals surface area (Å²) in [4.78, 5) is 2.43. The molecule has 2 nitrogen and oxygen atoms in total. The first-order chi connectivity index (χ1) is 8.16. The average molecular weight is 233 g/mol. The van der Waals surface area contributed by atoms with Gasteiger partial charge in [-0.2, -0.15) is 0 Å². The van der Waals surface area contributed by atoms with Gasteiger partial charge in [0, 0.05) is 12.0 Å². The van der Waals surface area contributed by atoms with Crippen LogP contribution in [-0.2, 0) is 5.41 Å².